The molecule has 1 heterocycles. The Balaban J connectivity index is 1.92. The second kappa shape index (κ2) is 9.03. The SMILES string of the molecule is CCCCCCC1(O)C(C)C(c2ccccc2)NC(c2ccccc2)C1C. The summed E-state index contributed by atoms with van der Waals surface area (Å²) in [6, 6.07) is 21.6. The summed E-state index contributed by atoms with van der Waals surface area (Å²) in [5, 5.41) is 15.8. The van der Waals surface area contributed by atoms with Crippen molar-refractivity contribution in [3.05, 3.63) is 71.8 Å². The second-order valence-corrected chi connectivity index (χ2v) is 8.32. The van der Waals surface area contributed by atoms with Crippen molar-refractivity contribution in [2.45, 2.75) is 70.6 Å². The van der Waals surface area contributed by atoms with Crippen LogP contribution in [0.3, 0.4) is 0 Å². The van der Waals surface area contributed by atoms with Gasteiger partial charge in [-0.1, -0.05) is 107 Å². The van der Waals surface area contributed by atoms with Crippen molar-refractivity contribution in [2.75, 3.05) is 0 Å². The van der Waals surface area contributed by atoms with Crippen LogP contribution in [-0.2, 0) is 0 Å². The van der Waals surface area contributed by atoms with Gasteiger partial charge < -0.3 is 10.4 Å². The predicted octanol–water partition coefficient (Wildman–Crippen LogP) is 6.05. The number of nitrogens with one attached hydrogen (secondary N) is 1. The predicted molar refractivity (Wildman–Crippen MR) is 114 cm³/mol. The number of aliphatic hydroxyl groups is 1. The van der Waals surface area contributed by atoms with E-state index in [1.165, 1.54) is 30.4 Å². The van der Waals surface area contributed by atoms with Crippen molar-refractivity contribution in [2.24, 2.45) is 11.8 Å². The maximum Gasteiger partial charge on any atom is 0.0734 e. The molecule has 27 heavy (non-hydrogen) atoms. The minimum absolute atomic E-state index is 0.156. The maximum atomic E-state index is 11.9. The minimum atomic E-state index is -0.667. The lowest BCUT2D eigenvalue weighted by molar-refractivity contribution is -0.117. The molecule has 0 aliphatic carbocycles. The maximum absolute atomic E-state index is 11.9. The largest absolute Gasteiger partial charge is 0.389 e. The molecule has 1 fully saturated rings. The van der Waals surface area contributed by atoms with E-state index in [-0.39, 0.29) is 23.9 Å². The molecule has 1 saturated heterocycles. The molecule has 0 radical (unpaired) electrons. The fourth-order valence-electron chi connectivity index (χ4n) is 4.85. The fourth-order valence-corrected chi connectivity index (χ4v) is 4.85. The molecule has 4 unspecified atom stereocenters. The molecule has 2 N–H and O–H groups in total. The molecule has 1 aliphatic heterocycles. The van der Waals surface area contributed by atoms with E-state index in [0.29, 0.717) is 0 Å². The zero-order chi connectivity index (χ0) is 19.3. The van der Waals surface area contributed by atoms with Gasteiger partial charge in [0.25, 0.3) is 0 Å². The molecular formula is C25H35NO. The Morgan fingerprint density at radius 2 is 1.26 bits per heavy atom. The highest BCUT2D eigenvalue weighted by Crippen LogP contribution is 2.48. The van der Waals surface area contributed by atoms with E-state index in [9.17, 15) is 5.11 Å². The van der Waals surface area contributed by atoms with Crippen LogP contribution in [0.15, 0.2) is 60.7 Å². The Hall–Kier alpha value is -1.64. The van der Waals surface area contributed by atoms with Gasteiger partial charge in [-0.05, 0) is 17.5 Å². The zero-order valence-corrected chi connectivity index (χ0v) is 17.1. The number of unbranched alkanes of at least 4 members (excludes halogenated alkanes) is 3. The van der Waals surface area contributed by atoms with Crippen LogP contribution in [0.4, 0.5) is 0 Å². The lowest BCUT2D eigenvalue weighted by Gasteiger charge is -2.52. The first-order valence-corrected chi connectivity index (χ1v) is 10.7. The summed E-state index contributed by atoms with van der Waals surface area (Å²) >= 11 is 0. The summed E-state index contributed by atoms with van der Waals surface area (Å²) in [6.07, 6.45) is 5.66. The van der Waals surface area contributed by atoms with Crippen LogP contribution < -0.4 is 5.32 Å². The lowest BCUT2D eigenvalue weighted by atomic mass is 9.64. The fraction of sp³-hybridized carbons (Fsp3) is 0.520. The van der Waals surface area contributed by atoms with Crippen LogP contribution in [0.5, 0.6) is 0 Å². The van der Waals surface area contributed by atoms with E-state index < -0.39 is 5.60 Å². The summed E-state index contributed by atoms with van der Waals surface area (Å²) < 4.78 is 0. The monoisotopic (exact) mass is 365 g/mol. The third-order valence-electron chi connectivity index (χ3n) is 6.68. The summed E-state index contributed by atoms with van der Waals surface area (Å²) in [4.78, 5) is 0. The summed E-state index contributed by atoms with van der Waals surface area (Å²) in [6.45, 7) is 6.69. The molecule has 3 rings (SSSR count). The van der Waals surface area contributed by atoms with Crippen LogP contribution in [0.1, 0.15) is 76.1 Å². The van der Waals surface area contributed by atoms with E-state index in [1.807, 2.05) is 0 Å². The van der Waals surface area contributed by atoms with E-state index in [4.69, 9.17) is 0 Å². The number of hydrogen-bond acceptors (Lipinski definition) is 2. The van der Waals surface area contributed by atoms with Crippen molar-refractivity contribution in [1.29, 1.82) is 0 Å². The minimum Gasteiger partial charge on any atom is -0.389 e. The van der Waals surface area contributed by atoms with E-state index in [1.54, 1.807) is 0 Å². The molecule has 2 aromatic carbocycles. The van der Waals surface area contributed by atoms with Crippen LogP contribution in [0.25, 0.3) is 0 Å². The smallest absolute Gasteiger partial charge is 0.0734 e. The van der Waals surface area contributed by atoms with Crippen molar-refractivity contribution in [1.82, 2.24) is 5.32 Å². The van der Waals surface area contributed by atoms with Crippen molar-refractivity contribution in [3.63, 3.8) is 0 Å². The number of benzene rings is 2. The first-order chi connectivity index (χ1) is 13.1. The highest BCUT2D eigenvalue weighted by Gasteiger charge is 2.50. The van der Waals surface area contributed by atoms with Crippen LogP contribution in [-0.4, -0.2) is 10.7 Å². The lowest BCUT2D eigenvalue weighted by Crippen LogP contribution is -2.57. The van der Waals surface area contributed by atoms with Crippen molar-refractivity contribution < 1.29 is 5.11 Å². The van der Waals surface area contributed by atoms with Gasteiger partial charge in [0.1, 0.15) is 0 Å². The average molecular weight is 366 g/mol. The molecule has 0 bridgehead atoms. The van der Waals surface area contributed by atoms with Crippen LogP contribution in [0.2, 0.25) is 0 Å². The molecule has 0 spiro atoms. The highest BCUT2D eigenvalue weighted by molar-refractivity contribution is 5.27. The Labute approximate surface area is 165 Å². The molecular weight excluding hydrogens is 330 g/mol. The number of piperidine rings is 1. The normalized spacial score (nSPS) is 31.0. The molecule has 2 heteroatoms. The van der Waals surface area contributed by atoms with Gasteiger partial charge in [0.05, 0.1) is 5.60 Å². The Morgan fingerprint density at radius 1 is 0.778 bits per heavy atom. The summed E-state index contributed by atoms with van der Waals surface area (Å²) in [5.74, 6) is 0.327. The van der Waals surface area contributed by atoms with Gasteiger partial charge >= 0.3 is 0 Å². The summed E-state index contributed by atoms with van der Waals surface area (Å²) in [7, 11) is 0. The molecule has 2 nitrogen and oxygen atoms in total. The molecule has 1 aliphatic rings. The summed E-state index contributed by atoms with van der Waals surface area (Å²) in [5.41, 5.74) is 1.87. The quantitative estimate of drug-likeness (QED) is 0.586. The molecule has 146 valence electrons. The standard InChI is InChI=1S/C25H35NO/c1-4-5-6-13-18-25(27)19(2)23(21-14-9-7-10-15-21)26-24(20(25)3)22-16-11-8-12-17-22/h7-12,14-17,19-20,23-24,26-27H,4-6,13,18H2,1-3H3. The van der Waals surface area contributed by atoms with Gasteiger partial charge in [0.2, 0.25) is 0 Å². The molecule has 0 aromatic heterocycles. The molecule has 0 saturated carbocycles. The van der Waals surface area contributed by atoms with Gasteiger partial charge in [-0.25, -0.2) is 0 Å². The van der Waals surface area contributed by atoms with Crippen molar-refractivity contribution in [3.8, 4) is 0 Å². The van der Waals surface area contributed by atoms with E-state index in [2.05, 4.69) is 86.8 Å². The second-order valence-electron chi connectivity index (χ2n) is 8.32. The highest BCUT2D eigenvalue weighted by atomic mass is 16.3. The number of hydrogen-bond donors (Lipinski definition) is 2. The van der Waals surface area contributed by atoms with Crippen molar-refractivity contribution >= 4 is 0 Å². The topological polar surface area (TPSA) is 32.3 Å². The molecule has 0 amide bonds. The molecule has 2 aromatic rings. The Morgan fingerprint density at radius 3 is 1.70 bits per heavy atom. The van der Waals surface area contributed by atoms with Gasteiger partial charge in [0, 0.05) is 23.9 Å². The van der Waals surface area contributed by atoms with Crippen LogP contribution >= 0.6 is 0 Å². The Bertz CT molecular complexity index is 632. The first-order valence-electron chi connectivity index (χ1n) is 10.7. The average Bonchev–Trinajstić information content (AvgIpc) is 2.71. The zero-order valence-electron chi connectivity index (χ0n) is 17.1. The molecule has 4 atom stereocenters. The number of rotatable bonds is 7. The van der Waals surface area contributed by atoms with E-state index >= 15 is 0 Å². The van der Waals surface area contributed by atoms with Crippen LogP contribution in [0, 0.1) is 11.8 Å². The van der Waals surface area contributed by atoms with Gasteiger partial charge in [-0.15, -0.1) is 0 Å². The first kappa shape index (κ1) is 20.1. The van der Waals surface area contributed by atoms with Gasteiger partial charge in [-0.3, -0.25) is 0 Å². The Kier molecular flexibility index (Phi) is 6.73. The van der Waals surface area contributed by atoms with Gasteiger partial charge in [-0.2, -0.15) is 0 Å². The van der Waals surface area contributed by atoms with Gasteiger partial charge in [0.15, 0.2) is 0 Å². The third kappa shape index (κ3) is 4.28. The van der Waals surface area contributed by atoms with E-state index in [0.717, 1.165) is 12.8 Å². The third-order valence-corrected chi connectivity index (χ3v) is 6.68.